The Labute approximate surface area is 191 Å². The number of carbonyl (C=O) groups is 4. The predicted octanol–water partition coefficient (Wildman–Crippen LogP) is 1.46. The van der Waals surface area contributed by atoms with Crippen LogP contribution in [0.25, 0.3) is 0 Å². The highest BCUT2D eigenvalue weighted by molar-refractivity contribution is 5.99. The first-order valence-corrected chi connectivity index (χ1v) is 10.0. The number of rotatable bonds is 12. The van der Waals surface area contributed by atoms with Crippen LogP contribution in [-0.4, -0.2) is 74.5 Å². The summed E-state index contributed by atoms with van der Waals surface area (Å²) in [4.78, 5) is 53.2. The van der Waals surface area contributed by atoms with Crippen LogP contribution in [0.1, 0.15) is 22.3 Å². The minimum atomic E-state index is -0.634. The van der Waals surface area contributed by atoms with Crippen LogP contribution in [-0.2, 0) is 30.3 Å². The molecule has 0 atom stereocenters. The molecule has 10 nitrogen and oxygen atoms in total. The van der Waals surface area contributed by atoms with Crippen molar-refractivity contribution >= 4 is 23.6 Å². The second-order valence-electron chi connectivity index (χ2n) is 6.92. The zero-order valence-corrected chi connectivity index (χ0v) is 18.7. The first kappa shape index (κ1) is 25.3. The molecule has 0 aliphatic carbocycles. The topological polar surface area (TPSA) is 121 Å². The van der Waals surface area contributed by atoms with Gasteiger partial charge in [0.15, 0.2) is 30.5 Å². The number of likely N-dealkylation sites (N-methyl/N-ethyl adjacent to an activating group) is 1. The minimum Gasteiger partial charge on any atom is -0.478 e. The highest BCUT2D eigenvalue weighted by Gasteiger charge is 2.18. The molecular weight excluding hydrogens is 432 g/mol. The Kier molecular flexibility index (Phi) is 9.81. The van der Waals surface area contributed by atoms with E-state index in [1.54, 1.807) is 19.4 Å². The fourth-order valence-corrected chi connectivity index (χ4v) is 2.69. The average molecular weight is 458 g/mol. The van der Waals surface area contributed by atoms with E-state index in [1.807, 2.05) is 12.1 Å². The summed E-state index contributed by atoms with van der Waals surface area (Å²) >= 11 is 0. The lowest BCUT2D eigenvalue weighted by Gasteiger charge is -2.17. The third kappa shape index (κ3) is 8.24. The molecule has 33 heavy (non-hydrogen) atoms. The zero-order chi connectivity index (χ0) is 24.2. The van der Waals surface area contributed by atoms with Gasteiger partial charge in [0.25, 0.3) is 0 Å². The SMILES string of the molecule is COC(=O)COc1ccc(C(=O)CN(C)C(=O)CCc2ccncc2)cc1OCC(=O)OC. The van der Waals surface area contributed by atoms with Gasteiger partial charge in [0, 0.05) is 31.4 Å². The number of pyridine rings is 1. The second kappa shape index (κ2) is 12.8. The molecule has 0 N–H and O–H groups in total. The van der Waals surface area contributed by atoms with Crippen LogP contribution in [0.15, 0.2) is 42.7 Å². The fraction of sp³-hybridized carbons (Fsp3) is 0.348. The lowest BCUT2D eigenvalue weighted by molar-refractivity contribution is -0.144. The van der Waals surface area contributed by atoms with E-state index in [4.69, 9.17) is 9.47 Å². The maximum Gasteiger partial charge on any atom is 0.343 e. The Balaban J connectivity index is 2.04. The molecule has 1 amide bonds. The molecular formula is C23H26N2O8. The molecule has 0 aliphatic rings. The van der Waals surface area contributed by atoms with Crippen molar-refractivity contribution in [1.82, 2.24) is 9.88 Å². The minimum absolute atomic E-state index is 0.0711. The first-order chi connectivity index (χ1) is 15.8. The highest BCUT2D eigenvalue weighted by atomic mass is 16.6. The number of hydrogen-bond acceptors (Lipinski definition) is 9. The summed E-state index contributed by atoms with van der Waals surface area (Å²) in [7, 11) is 3.98. The molecule has 0 saturated heterocycles. The quantitative estimate of drug-likeness (QED) is 0.344. The van der Waals surface area contributed by atoms with E-state index in [1.165, 1.54) is 37.3 Å². The molecule has 10 heteroatoms. The van der Waals surface area contributed by atoms with Gasteiger partial charge in [0.05, 0.1) is 20.8 Å². The van der Waals surface area contributed by atoms with Crippen LogP contribution >= 0.6 is 0 Å². The van der Waals surface area contributed by atoms with Gasteiger partial charge in [-0.2, -0.15) is 0 Å². The van der Waals surface area contributed by atoms with E-state index in [2.05, 4.69) is 14.5 Å². The van der Waals surface area contributed by atoms with Gasteiger partial charge in [-0.05, 0) is 42.3 Å². The van der Waals surface area contributed by atoms with Gasteiger partial charge >= 0.3 is 11.9 Å². The van der Waals surface area contributed by atoms with Crippen molar-refractivity contribution < 1.29 is 38.1 Å². The van der Waals surface area contributed by atoms with E-state index in [0.717, 1.165) is 5.56 Å². The Morgan fingerprint density at radius 3 is 2.09 bits per heavy atom. The number of Topliss-reactive ketones (excluding diaryl/α,β-unsaturated/α-hetero) is 1. The van der Waals surface area contributed by atoms with Crippen molar-refractivity contribution in [2.24, 2.45) is 0 Å². The number of esters is 2. The molecule has 0 fully saturated rings. The van der Waals surface area contributed by atoms with E-state index in [-0.39, 0.29) is 48.3 Å². The van der Waals surface area contributed by atoms with Gasteiger partial charge in [-0.25, -0.2) is 9.59 Å². The molecule has 1 aromatic carbocycles. The first-order valence-electron chi connectivity index (χ1n) is 10.0. The summed E-state index contributed by atoms with van der Waals surface area (Å²) in [5.41, 5.74) is 1.22. The summed E-state index contributed by atoms with van der Waals surface area (Å²) < 4.78 is 19.8. The lowest BCUT2D eigenvalue weighted by Crippen LogP contribution is -2.32. The van der Waals surface area contributed by atoms with Crippen molar-refractivity contribution in [3.8, 4) is 11.5 Å². The normalized spacial score (nSPS) is 10.2. The van der Waals surface area contributed by atoms with E-state index in [9.17, 15) is 19.2 Å². The number of methoxy groups -OCH3 is 2. The summed E-state index contributed by atoms with van der Waals surface area (Å²) in [6.45, 7) is -0.947. The fourth-order valence-electron chi connectivity index (χ4n) is 2.69. The largest absolute Gasteiger partial charge is 0.478 e. The third-order valence-corrected chi connectivity index (χ3v) is 4.60. The Hall–Kier alpha value is -3.95. The highest BCUT2D eigenvalue weighted by Crippen LogP contribution is 2.29. The summed E-state index contributed by atoms with van der Waals surface area (Å²) in [6.07, 6.45) is 4.11. The average Bonchev–Trinajstić information content (AvgIpc) is 2.84. The van der Waals surface area contributed by atoms with Crippen LogP contribution in [0, 0.1) is 0 Å². The van der Waals surface area contributed by atoms with Crippen molar-refractivity contribution in [3.05, 3.63) is 53.9 Å². The molecule has 0 bridgehead atoms. The Morgan fingerprint density at radius 2 is 1.48 bits per heavy atom. The van der Waals surface area contributed by atoms with Crippen molar-refractivity contribution in [3.63, 3.8) is 0 Å². The monoisotopic (exact) mass is 458 g/mol. The van der Waals surface area contributed by atoms with Gasteiger partial charge in [-0.3, -0.25) is 14.6 Å². The second-order valence-corrected chi connectivity index (χ2v) is 6.92. The molecule has 2 rings (SSSR count). The number of ether oxygens (including phenoxy) is 4. The molecule has 1 heterocycles. The van der Waals surface area contributed by atoms with Crippen LogP contribution < -0.4 is 9.47 Å². The predicted molar refractivity (Wildman–Crippen MR) is 116 cm³/mol. The van der Waals surface area contributed by atoms with Crippen LogP contribution in [0.3, 0.4) is 0 Å². The molecule has 0 spiro atoms. The van der Waals surface area contributed by atoms with Crippen LogP contribution in [0.2, 0.25) is 0 Å². The maximum atomic E-state index is 12.7. The van der Waals surface area contributed by atoms with E-state index in [0.29, 0.717) is 6.42 Å². The maximum absolute atomic E-state index is 12.7. The Bertz CT molecular complexity index is 978. The molecule has 0 aliphatic heterocycles. The summed E-state index contributed by atoms with van der Waals surface area (Å²) in [6, 6.07) is 7.96. The number of amides is 1. The van der Waals surface area contributed by atoms with Crippen LogP contribution in [0.5, 0.6) is 11.5 Å². The van der Waals surface area contributed by atoms with Crippen molar-refractivity contribution in [1.29, 1.82) is 0 Å². The lowest BCUT2D eigenvalue weighted by atomic mass is 10.1. The molecule has 176 valence electrons. The smallest absolute Gasteiger partial charge is 0.343 e. The molecule has 0 unspecified atom stereocenters. The van der Waals surface area contributed by atoms with Gasteiger partial charge in [-0.1, -0.05) is 0 Å². The van der Waals surface area contributed by atoms with Gasteiger partial charge < -0.3 is 23.8 Å². The van der Waals surface area contributed by atoms with Crippen LogP contribution in [0.4, 0.5) is 0 Å². The van der Waals surface area contributed by atoms with Crippen molar-refractivity contribution in [2.75, 3.05) is 41.0 Å². The number of hydrogen-bond donors (Lipinski definition) is 0. The van der Waals surface area contributed by atoms with Gasteiger partial charge in [0.1, 0.15) is 0 Å². The molecule has 0 saturated carbocycles. The summed E-state index contributed by atoms with van der Waals surface area (Å²) in [5.74, 6) is -1.55. The third-order valence-electron chi connectivity index (χ3n) is 4.60. The molecule has 2 aromatic rings. The van der Waals surface area contributed by atoms with E-state index >= 15 is 0 Å². The molecule has 0 radical (unpaired) electrons. The number of carbonyl (C=O) groups excluding carboxylic acids is 4. The molecule has 1 aromatic heterocycles. The number of aromatic nitrogens is 1. The van der Waals surface area contributed by atoms with Crippen molar-refractivity contribution in [2.45, 2.75) is 12.8 Å². The Morgan fingerprint density at radius 1 is 0.879 bits per heavy atom. The zero-order valence-electron chi connectivity index (χ0n) is 18.7. The number of benzene rings is 1. The summed E-state index contributed by atoms with van der Waals surface area (Å²) in [5, 5.41) is 0. The van der Waals surface area contributed by atoms with Gasteiger partial charge in [-0.15, -0.1) is 0 Å². The van der Waals surface area contributed by atoms with Gasteiger partial charge in [0.2, 0.25) is 5.91 Å². The number of nitrogens with zero attached hydrogens (tertiary/aromatic N) is 2. The number of ketones is 1. The standard InChI is InChI=1S/C23H26N2O8/c1-25(21(27)7-4-16-8-10-24-11-9-16)13-18(26)17-5-6-19(32-14-22(28)30-2)20(12-17)33-15-23(29)31-3/h5-6,8-12H,4,7,13-15H2,1-3H3. The number of aryl methyl sites for hydroxylation is 1. The van der Waals surface area contributed by atoms with E-state index < -0.39 is 18.5 Å².